The van der Waals surface area contributed by atoms with Crippen molar-refractivity contribution in [2.45, 2.75) is 37.4 Å². The zero-order valence-electron chi connectivity index (χ0n) is 13.5. The molecule has 0 bridgehead atoms. The van der Waals surface area contributed by atoms with Crippen molar-refractivity contribution in [3.8, 4) is 0 Å². The first-order chi connectivity index (χ1) is 11.4. The van der Waals surface area contributed by atoms with E-state index in [-0.39, 0.29) is 24.2 Å². The van der Waals surface area contributed by atoms with Gasteiger partial charge < -0.3 is 15.5 Å². The summed E-state index contributed by atoms with van der Waals surface area (Å²) in [5, 5.41) is 23.1. The lowest BCUT2D eigenvalue weighted by Crippen LogP contribution is -2.36. The van der Waals surface area contributed by atoms with Crippen molar-refractivity contribution in [1.82, 2.24) is 4.90 Å². The fraction of sp³-hybridized carbons (Fsp3) is 0.556. The Bertz CT molecular complexity index is 704. The van der Waals surface area contributed by atoms with Gasteiger partial charge in [-0.2, -0.15) is 0 Å². The molecule has 0 radical (unpaired) electrons. The molecule has 2 fully saturated rings. The molecule has 3 atom stereocenters. The quantitative estimate of drug-likeness (QED) is 0.705. The van der Waals surface area contributed by atoms with E-state index in [0.717, 1.165) is 11.3 Å². The van der Waals surface area contributed by atoms with Gasteiger partial charge in [-0.15, -0.1) is 0 Å². The molecule has 3 N–H and O–H groups in total. The first kappa shape index (κ1) is 15.7. The molecule has 0 spiro atoms. The summed E-state index contributed by atoms with van der Waals surface area (Å²) >= 11 is 0. The number of nitrogens with zero attached hydrogens (tertiary/aromatic N) is 1. The Morgan fingerprint density at radius 2 is 2.21 bits per heavy atom. The first-order valence-corrected chi connectivity index (χ1v) is 8.52. The van der Waals surface area contributed by atoms with Gasteiger partial charge in [0.15, 0.2) is 5.78 Å². The highest BCUT2D eigenvalue weighted by Gasteiger charge is 2.51. The van der Waals surface area contributed by atoms with Gasteiger partial charge in [0.1, 0.15) is 0 Å². The minimum atomic E-state index is -0.847. The fourth-order valence-corrected chi connectivity index (χ4v) is 4.38. The van der Waals surface area contributed by atoms with E-state index < -0.39 is 11.7 Å². The van der Waals surface area contributed by atoms with Crippen molar-refractivity contribution in [1.29, 1.82) is 0 Å². The molecule has 1 amide bonds. The smallest absolute Gasteiger partial charge is 0.224 e. The standard InChI is InChI=1S/C18H22N2O4/c21-14-6-13-8-20(10-18(13,24)7-14)9-16(22)12-1-3-15-11(5-12)2-4-17(23)19-15/h1,3,5,13-14,21,24H,2,4,6-10H2,(H,19,23)/t13-,14-,18-/m0/s1. The van der Waals surface area contributed by atoms with Crippen molar-refractivity contribution in [2.75, 3.05) is 25.0 Å². The zero-order chi connectivity index (χ0) is 16.9. The van der Waals surface area contributed by atoms with Crippen molar-refractivity contribution < 1.29 is 19.8 Å². The van der Waals surface area contributed by atoms with Crippen molar-refractivity contribution >= 4 is 17.4 Å². The number of hydrogen-bond donors (Lipinski definition) is 3. The molecule has 24 heavy (non-hydrogen) atoms. The molecule has 128 valence electrons. The molecule has 1 saturated carbocycles. The molecular weight excluding hydrogens is 308 g/mol. The van der Waals surface area contributed by atoms with Crippen LogP contribution in [0.4, 0.5) is 5.69 Å². The molecule has 0 unspecified atom stereocenters. The maximum Gasteiger partial charge on any atom is 0.224 e. The second-order valence-electron chi connectivity index (χ2n) is 7.41. The normalized spacial score (nSPS) is 32.3. The maximum atomic E-state index is 12.6. The van der Waals surface area contributed by atoms with Crippen molar-refractivity contribution in [2.24, 2.45) is 5.92 Å². The van der Waals surface area contributed by atoms with Crippen LogP contribution in [0, 0.1) is 5.92 Å². The van der Waals surface area contributed by atoms with Crippen molar-refractivity contribution in [3.05, 3.63) is 29.3 Å². The van der Waals surface area contributed by atoms with Gasteiger partial charge in [-0.25, -0.2) is 0 Å². The molecule has 2 aliphatic heterocycles. The maximum absolute atomic E-state index is 12.6. The van der Waals surface area contributed by atoms with Crippen LogP contribution in [0.3, 0.4) is 0 Å². The topological polar surface area (TPSA) is 89.9 Å². The Labute approximate surface area is 140 Å². The van der Waals surface area contributed by atoms with Gasteiger partial charge in [0, 0.05) is 43.1 Å². The number of Topliss-reactive ketones (excluding diaryl/α,β-unsaturated/α-hetero) is 1. The summed E-state index contributed by atoms with van der Waals surface area (Å²) in [6.45, 7) is 1.38. The van der Waals surface area contributed by atoms with Gasteiger partial charge in [-0.1, -0.05) is 0 Å². The number of carbonyl (C=O) groups is 2. The largest absolute Gasteiger partial charge is 0.393 e. The van der Waals surface area contributed by atoms with Crippen LogP contribution < -0.4 is 5.32 Å². The molecule has 4 rings (SSSR count). The molecule has 6 nitrogen and oxygen atoms in total. The minimum Gasteiger partial charge on any atom is -0.393 e. The Hall–Kier alpha value is -1.76. The van der Waals surface area contributed by atoms with E-state index in [4.69, 9.17) is 0 Å². The average molecular weight is 330 g/mol. The summed E-state index contributed by atoms with van der Waals surface area (Å²) in [7, 11) is 0. The summed E-state index contributed by atoms with van der Waals surface area (Å²) in [5.74, 6) is 0.0958. The summed E-state index contributed by atoms with van der Waals surface area (Å²) in [4.78, 5) is 26.0. The van der Waals surface area contributed by atoms with Gasteiger partial charge in [-0.3, -0.25) is 14.5 Å². The Kier molecular flexibility index (Phi) is 3.71. The lowest BCUT2D eigenvalue weighted by atomic mass is 9.95. The third-order valence-corrected chi connectivity index (χ3v) is 5.57. The predicted octanol–water partition coefficient (Wildman–Crippen LogP) is 0.572. The number of benzene rings is 1. The summed E-state index contributed by atoms with van der Waals surface area (Å²) < 4.78 is 0. The zero-order valence-corrected chi connectivity index (χ0v) is 13.5. The minimum absolute atomic E-state index is 0.0145. The number of carbonyl (C=O) groups excluding carboxylic acids is 2. The summed E-state index contributed by atoms with van der Waals surface area (Å²) in [5.41, 5.74) is 1.59. The first-order valence-electron chi connectivity index (χ1n) is 8.52. The molecule has 1 aromatic carbocycles. The number of anilines is 1. The van der Waals surface area contributed by atoms with Crippen LogP contribution in [-0.4, -0.2) is 58.1 Å². The predicted molar refractivity (Wildman–Crippen MR) is 87.8 cm³/mol. The van der Waals surface area contributed by atoms with Gasteiger partial charge in [-0.05, 0) is 36.6 Å². The highest BCUT2D eigenvalue weighted by molar-refractivity contribution is 6.00. The van der Waals surface area contributed by atoms with Crippen LogP contribution in [0.25, 0.3) is 0 Å². The summed E-state index contributed by atoms with van der Waals surface area (Å²) in [6, 6.07) is 5.41. The van der Waals surface area contributed by atoms with Gasteiger partial charge in [0.25, 0.3) is 0 Å². The van der Waals surface area contributed by atoms with Crippen LogP contribution in [0.15, 0.2) is 18.2 Å². The molecule has 1 aromatic rings. The number of hydrogen-bond acceptors (Lipinski definition) is 5. The van der Waals surface area contributed by atoms with E-state index >= 15 is 0 Å². The number of aliphatic hydroxyl groups excluding tert-OH is 1. The number of nitrogens with one attached hydrogen (secondary N) is 1. The number of aryl methyl sites for hydroxylation is 1. The Morgan fingerprint density at radius 3 is 3.00 bits per heavy atom. The van der Waals surface area contributed by atoms with Gasteiger partial charge in [0.2, 0.25) is 5.91 Å². The second kappa shape index (κ2) is 5.65. The van der Waals surface area contributed by atoms with Crippen LogP contribution in [0.2, 0.25) is 0 Å². The average Bonchev–Trinajstić information content (AvgIpc) is 2.95. The van der Waals surface area contributed by atoms with Gasteiger partial charge in [0.05, 0.1) is 18.2 Å². The number of amides is 1. The fourth-order valence-electron chi connectivity index (χ4n) is 4.38. The highest BCUT2D eigenvalue weighted by Crippen LogP contribution is 2.41. The van der Waals surface area contributed by atoms with E-state index in [1.807, 2.05) is 11.0 Å². The Morgan fingerprint density at radius 1 is 1.38 bits per heavy atom. The molecule has 6 heteroatoms. The van der Waals surface area contributed by atoms with Crippen LogP contribution in [0.5, 0.6) is 0 Å². The van der Waals surface area contributed by atoms with E-state index in [1.54, 1.807) is 12.1 Å². The molecule has 1 aliphatic carbocycles. The molecule has 2 heterocycles. The number of likely N-dealkylation sites (tertiary alicyclic amines) is 1. The number of aliphatic hydroxyl groups is 2. The van der Waals surface area contributed by atoms with E-state index in [1.165, 1.54) is 0 Å². The van der Waals surface area contributed by atoms with Crippen LogP contribution in [-0.2, 0) is 11.2 Å². The lowest BCUT2D eigenvalue weighted by molar-refractivity contribution is -0.116. The van der Waals surface area contributed by atoms with E-state index in [9.17, 15) is 19.8 Å². The number of fused-ring (bicyclic) bond motifs is 2. The number of rotatable bonds is 3. The van der Waals surface area contributed by atoms with Crippen molar-refractivity contribution in [3.63, 3.8) is 0 Å². The summed E-state index contributed by atoms with van der Waals surface area (Å²) in [6.07, 6.45) is 1.70. The highest BCUT2D eigenvalue weighted by atomic mass is 16.3. The van der Waals surface area contributed by atoms with E-state index in [0.29, 0.717) is 44.3 Å². The molecule has 1 saturated heterocycles. The number of β-amino-alcohol motifs (C(OH)–C–C–N with tert-alkyl or cyclic N) is 1. The molecule has 3 aliphatic rings. The number of ketones is 1. The molecule has 0 aromatic heterocycles. The Balaban J connectivity index is 1.43. The monoisotopic (exact) mass is 330 g/mol. The third kappa shape index (κ3) is 2.75. The lowest BCUT2D eigenvalue weighted by Gasteiger charge is -2.22. The van der Waals surface area contributed by atoms with Crippen LogP contribution in [0.1, 0.15) is 35.2 Å². The SMILES string of the molecule is O=C1CCc2cc(C(=O)CN3C[C@@H]4C[C@H](O)C[C@]4(O)C3)ccc2N1. The second-order valence-corrected chi connectivity index (χ2v) is 7.41. The third-order valence-electron chi connectivity index (χ3n) is 5.57. The van der Waals surface area contributed by atoms with Crippen LogP contribution >= 0.6 is 0 Å². The van der Waals surface area contributed by atoms with Gasteiger partial charge >= 0.3 is 0 Å². The molecular formula is C18H22N2O4. The van der Waals surface area contributed by atoms with E-state index in [2.05, 4.69) is 5.32 Å².